The predicted octanol–water partition coefficient (Wildman–Crippen LogP) is 3.73. The summed E-state index contributed by atoms with van der Waals surface area (Å²) in [6.45, 7) is 0. The first-order valence-electron chi connectivity index (χ1n) is 7.78. The molecule has 24 heavy (non-hydrogen) atoms. The normalized spacial score (nSPS) is 13.9. The third-order valence-electron chi connectivity index (χ3n) is 4.19. The van der Waals surface area contributed by atoms with E-state index in [9.17, 15) is 9.18 Å². The van der Waals surface area contributed by atoms with Gasteiger partial charge in [0.15, 0.2) is 0 Å². The zero-order chi connectivity index (χ0) is 16.7. The van der Waals surface area contributed by atoms with E-state index in [1.54, 1.807) is 25.3 Å². The Balaban J connectivity index is 1.81. The van der Waals surface area contributed by atoms with Crippen molar-refractivity contribution in [3.8, 4) is 17.0 Å². The minimum Gasteiger partial charge on any atom is -0.494 e. The molecule has 1 heterocycles. The second-order valence-corrected chi connectivity index (χ2v) is 5.94. The van der Waals surface area contributed by atoms with Gasteiger partial charge in [0, 0.05) is 22.9 Å². The molecular formula is C18H16FN3O2. The van der Waals surface area contributed by atoms with Crippen molar-refractivity contribution in [2.24, 2.45) is 5.92 Å². The summed E-state index contributed by atoms with van der Waals surface area (Å²) >= 11 is 0. The molecule has 4 rings (SSSR count). The van der Waals surface area contributed by atoms with Crippen LogP contribution < -0.4 is 10.1 Å². The van der Waals surface area contributed by atoms with Crippen molar-refractivity contribution >= 4 is 22.5 Å². The van der Waals surface area contributed by atoms with Crippen LogP contribution in [0.1, 0.15) is 12.8 Å². The van der Waals surface area contributed by atoms with E-state index in [1.165, 1.54) is 12.1 Å². The van der Waals surface area contributed by atoms with Crippen LogP contribution in [-0.2, 0) is 4.79 Å². The Labute approximate surface area is 137 Å². The molecule has 1 amide bonds. The van der Waals surface area contributed by atoms with Crippen molar-refractivity contribution < 1.29 is 13.9 Å². The number of methoxy groups -OCH3 is 1. The first-order chi connectivity index (χ1) is 11.7. The van der Waals surface area contributed by atoms with Gasteiger partial charge in [0.2, 0.25) is 5.91 Å². The van der Waals surface area contributed by atoms with E-state index >= 15 is 0 Å². The topological polar surface area (TPSA) is 67.0 Å². The molecule has 3 aromatic rings. The molecule has 2 N–H and O–H groups in total. The molecule has 0 spiro atoms. The summed E-state index contributed by atoms with van der Waals surface area (Å²) in [5, 5.41) is 10.9. The third-order valence-corrected chi connectivity index (χ3v) is 4.19. The molecule has 1 fully saturated rings. The summed E-state index contributed by atoms with van der Waals surface area (Å²) in [6, 6.07) is 9.87. The second-order valence-electron chi connectivity index (χ2n) is 5.94. The number of anilines is 1. The lowest BCUT2D eigenvalue weighted by atomic mass is 10.1. The number of halogens is 1. The van der Waals surface area contributed by atoms with Crippen molar-refractivity contribution in [3.05, 3.63) is 42.2 Å². The van der Waals surface area contributed by atoms with Gasteiger partial charge in [-0.2, -0.15) is 5.10 Å². The van der Waals surface area contributed by atoms with E-state index in [-0.39, 0.29) is 17.6 Å². The number of nitrogens with one attached hydrogen (secondary N) is 2. The van der Waals surface area contributed by atoms with Crippen LogP contribution in [0.3, 0.4) is 0 Å². The fraction of sp³-hybridized carbons (Fsp3) is 0.222. The van der Waals surface area contributed by atoms with Gasteiger partial charge in [-0.15, -0.1) is 0 Å². The van der Waals surface area contributed by atoms with Crippen LogP contribution in [0.5, 0.6) is 5.75 Å². The summed E-state index contributed by atoms with van der Waals surface area (Å²) in [7, 11) is 1.55. The molecule has 1 aliphatic carbocycles. The van der Waals surface area contributed by atoms with Crippen LogP contribution in [0.15, 0.2) is 36.4 Å². The van der Waals surface area contributed by atoms with Gasteiger partial charge in [0.1, 0.15) is 17.3 Å². The Morgan fingerprint density at radius 1 is 1.33 bits per heavy atom. The molecule has 0 aliphatic heterocycles. The Morgan fingerprint density at radius 3 is 2.88 bits per heavy atom. The number of aromatic nitrogens is 2. The first kappa shape index (κ1) is 14.7. The number of carbonyl (C=O) groups excluding carboxylic acids is 1. The van der Waals surface area contributed by atoms with Crippen molar-refractivity contribution in [2.75, 3.05) is 12.4 Å². The first-order valence-corrected chi connectivity index (χ1v) is 7.78. The molecule has 2 aromatic carbocycles. The monoisotopic (exact) mass is 325 g/mol. The standard InChI is InChI=1S/C18H16FN3O2/c1-24-16-9-14-13(8-15(16)20-18(23)10-5-6-10)17(22-21-14)11-3-2-4-12(19)7-11/h2-4,7-10H,5-6H2,1H3,(H,20,23)(H,21,22). The molecule has 1 aliphatic rings. The van der Waals surface area contributed by atoms with Crippen LogP contribution in [0, 0.1) is 11.7 Å². The Kier molecular flexibility index (Phi) is 3.45. The molecule has 0 saturated heterocycles. The van der Waals surface area contributed by atoms with E-state index in [2.05, 4.69) is 15.5 Å². The number of hydrogen-bond acceptors (Lipinski definition) is 3. The van der Waals surface area contributed by atoms with Crippen LogP contribution in [-0.4, -0.2) is 23.2 Å². The maximum absolute atomic E-state index is 13.5. The molecule has 0 unspecified atom stereocenters. The number of ether oxygens (including phenoxy) is 1. The third kappa shape index (κ3) is 2.60. The van der Waals surface area contributed by atoms with Gasteiger partial charge in [-0.3, -0.25) is 9.89 Å². The minimum absolute atomic E-state index is 0.00319. The maximum Gasteiger partial charge on any atom is 0.227 e. The van der Waals surface area contributed by atoms with E-state index in [1.807, 2.05) is 6.07 Å². The number of nitrogens with zero attached hydrogens (tertiary/aromatic N) is 1. The summed E-state index contributed by atoms with van der Waals surface area (Å²) in [5.41, 5.74) is 2.66. The minimum atomic E-state index is -0.320. The number of H-pyrrole nitrogens is 1. The summed E-state index contributed by atoms with van der Waals surface area (Å²) in [5.74, 6) is 0.339. The number of hydrogen-bond donors (Lipinski definition) is 2. The van der Waals surface area contributed by atoms with Crippen molar-refractivity contribution in [2.45, 2.75) is 12.8 Å². The largest absolute Gasteiger partial charge is 0.494 e. The van der Waals surface area contributed by atoms with Gasteiger partial charge in [-0.25, -0.2) is 4.39 Å². The van der Waals surface area contributed by atoms with E-state index in [0.29, 0.717) is 22.7 Å². The molecular weight excluding hydrogens is 309 g/mol. The molecule has 1 aromatic heterocycles. The number of fused-ring (bicyclic) bond motifs is 1. The SMILES string of the molecule is COc1cc2[nH]nc(-c3cccc(F)c3)c2cc1NC(=O)C1CC1. The zero-order valence-electron chi connectivity index (χ0n) is 13.1. The number of benzene rings is 2. The zero-order valence-corrected chi connectivity index (χ0v) is 13.1. The van der Waals surface area contributed by atoms with Gasteiger partial charge >= 0.3 is 0 Å². The smallest absolute Gasteiger partial charge is 0.227 e. The lowest BCUT2D eigenvalue weighted by Gasteiger charge is -2.10. The van der Waals surface area contributed by atoms with Gasteiger partial charge in [-0.1, -0.05) is 12.1 Å². The summed E-state index contributed by atoms with van der Waals surface area (Å²) < 4.78 is 18.9. The fourth-order valence-electron chi connectivity index (χ4n) is 2.75. The van der Waals surface area contributed by atoms with Crippen molar-refractivity contribution in [3.63, 3.8) is 0 Å². The molecule has 6 heteroatoms. The van der Waals surface area contributed by atoms with Crippen LogP contribution in [0.4, 0.5) is 10.1 Å². The highest BCUT2D eigenvalue weighted by Gasteiger charge is 2.30. The van der Waals surface area contributed by atoms with E-state index < -0.39 is 0 Å². The number of aromatic amines is 1. The van der Waals surface area contributed by atoms with Crippen LogP contribution in [0.2, 0.25) is 0 Å². The van der Waals surface area contributed by atoms with Gasteiger partial charge in [-0.05, 0) is 31.0 Å². The summed E-state index contributed by atoms with van der Waals surface area (Å²) in [4.78, 5) is 12.1. The van der Waals surface area contributed by atoms with Crippen LogP contribution in [0.25, 0.3) is 22.2 Å². The number of amides is 1. The molecule has 0 bridgehead atoms. The van der Waals surface area contributed by atoms with Gasteiger partial charge < -0.3 is 10.1 Å². The second kappa shape index (κ2) is 5.63. The molecule has 0 atom stereocenters. The average molecular weight is 325 g/mol. The molecule has 5 nitrogen and oxygen atoms in total. The Bertz CT molecular complexity index is 931. The maximum atomic E-state index is 13.5. The Morgan fingerprint density at radius 2 is 2.17 bits per heavy atom. The average Bonchev–Trinajstić information content (AvgIpc) is 3.35. The van der Waals surface area contributed by atoms with Crippen molar-refractivity contribution in [1.29, 1.82) is 0 Å². The number of rotatable bonds is 4. The number of carbonyl (C=O) groups is 1. The molecule has 0 radical (unpaired) electrons. The van der Waals surface area contributed by atoms with E-state index in [0.717, 1.165) is 23.7 Å². The lowest BCUT2D eigenvalue weighted by molar-refractivity contribution is -0.117. The molecule has 122 valence electrons. The Hall–Kier alpha value is -2.89. The highest BCUT2D eigenvalue weighted by atomic mass is 19.1. The van der Waals surface area contributed by atoms with Gasteiger partial charge in [0.25, 0.3) is 0 Å². The fourth-order valence-corrected chi connectivity index (χ4v) is 2.75. The highest BCUT2D eigenvalue weighted by molar-refractivity contribution is 6.01. The van der Waals surface area contributed by atoms with Gasteiger partial charge in [0.05, 0.1) is 18.3 Å². The summed E-state index contributed by atoms with van der Waals surface area (Å²) in [6.07, 6.45) is 1.85. The van der Waals surface area contributed by atoms with Crippen LogP contribution >= 0.6 is 0 Å². The highest BCUT2D eigenvalue weighted by Crippen LogP contribution is 2.36. The predicted molar refractivity (Wildman–Crippen MR) is 89.4 cm³/mol. The quantitative estimate of drug-likeness (QED) is 0.768. The molecule has 1 saturated carbocycles. The lowest BCUT2D eigenvalue weighted by Crippen LogP contribution is -2.13. The van der Waals surface area contributed by atoms with Crippen molar-refractivity contribution in [1.82, 2.24) is 10.2 Å². The van der Waals surface area contributed by atoms with E-state index in [4.69, 9.17) is 4.74 Å².